The Morgan fingerprint density at radius 3 is 2.83 bits per heavy atom. The molecule has 0 saturated carbocycles. The lowest BCUT2D eigenvalue weighted by atomic mass is 10.2. The zero-order chi connectivity index (χ0) is 16.5. The number of carbonyl (C=O) groups is 2. The molecule has 126 valence electrons. The smallest absolute Gasteiger partial charge is 0.234 e. The molecule has 1 aliphatic rings. The van der Waals surface area contributed by atoms with Crippen LogP contribution in [0.5, 0.6) is 0 Å². The van der Waals surface area contributed by atoms with Crippen molar-refractivity contribution in [2.75, 3.05) is 43.0 Å². The van der Waals surface area contributed by atoms with Crippen LogP contribution in [0.4, 0.5) is 5.69 Å². The first-order chi connectivity index (χ1) is 11.1. The summed E-state index contributed by atoms with van der Waals surface area (Å²) in [6.45, 7) is 5.40. The minimum Gasteiger partial charge on any atom is -0.340 e. The highest BCUT2D eigenvalue weighted by Crippen LogP contribution is 2.11. The summed E-state index contributed by atoms with van der Waals surface area (Å²) in [4.78, 5) is 25.8. The predicted octanol–water partition coefficient (Wildman–Crippen LogP) is 1.88. The van der Waals surface area contributed by atoms with E-state index in [1.54, 1.807) is 11.8 Å². The van der Waals surface area contributed by atoms with Crippen molar-refractivity contribution < 1.29 is 9.59 Å². The van der Waals surface area contributed by atoms with Gasteiger partial charge in [-0.05, 0) is 36.8 Å². The van der Waals surface area contributed by atoms with E-state index < -0.39 is 0 Å². The largest absolute Gasteiger partial charge is 0.340 e. The van der Waals surface area contributed by atoms with Crippen molar-refractivity contribution in [2.45, 2.75) is 19.8 Å². The van der Waals surface area contributed by atoms with E-state index >= 15 is 0 Å². The average Bonchev–Trinajstić information content (AvgIpc) is 2.55. The fourth-order valence-electron chi connectivity index (χ4n) is 2.48. The summed E-state index contributed by atoms with van der Waals surface area (Å²) in [5.74, 6) is 1.50. The molecule has 1 aromatic carbocycles. The lowest BCUT2D eigenvalue weighted by Crippen LogP contribution is -2.46. The minimum atomic E-state index is 0.00836. The summed E-state index contributed by atoms with van der Waals surface area (Å²) < 4.78 is 0. The van der Waals surface area contributed by atoms with E-state index in [4.69, 9.17) is 0 Å². The monoisotopic (exact) mass is 335 g/mol. The molecule has 0 aliphatic carbocycles. The molecule has 0 bridgehead atoms. The number of hydrogen-bond acceptors (Lipinski definition) is 4. The number of amides is 2. The number of anilines is 1. The van der Waals surface area contributed by atoms with Crippen LogP contribution in [0, 0.1) is 6.92 Å². The minimum absolute atomic E-state index is 0.00836. The predicted molar refractivity (Wildman–Crippen MR) is 95.8 cm³/mol. The van der Waals surface area contributed by atoms with E-state index in [0.29, 0.717) is 12.2 Å². The molecule has 2 amide bonds. The van der Waals surface area contributed by atoms with Crippen LogP contribution in [-0.2, 0) is 9.59 Å². The molecule has 6 heteroatoms. The number of nitrogens with zero attached hydrogens (tertiary/aromatic N) is 1. The van der Waals surface area contributed by atoms with E-state index in [1.807, 2.05) is 36.1 Å². The van der Waals surface area contributed by atoms with Crippen molar-refractivity contribution in [3.8, 4) is 0 Å². The van der Waals surface area contributed by atoms with Gasteiger partial charge in [0.05, 0.1) is 5.75 Å². The number of benzene rings is 1. The van der Waals surface area contributed by atoms with Gasteiger partial charge in [0.2, 0.25) is 11.8 Å². The molecule has 0 aromatic heterocycles. The number of aryl methyl sites for hydroxylation is 1. The molecule has 2 rings (SSSR count). The first kappa shape index (κ1) is 17.8. The second kappa shape index (κ2) is 9.57. The molecule has 1 saturated heterocycles. The van der Waals surface area contributed by atoms with Crippen LogP contribution in [0.15, 0.2) is 24.3 Å². The van der Waals surface area contributed by atoms with Gasteiger partial charge >= 0.3 is 0 Å². The summed E-state index contributed by atoms with van der Waals surface area (Å²) in [6.07, 6.45) is 1.40. The summed E-state index contributed by atoms with van der Waals surface area (Å²) in [5.41, 5.74) is 1.96. The van der Waals surface area contributed by atoms with Gasteiger partial charge in [-0.2, -0.15) is 11.8 Å². The van der Waals surface area contributed by atoms with Gasteiger partial charge in [-0.25, -0.2) is 0 Å². The first-order valence-corrected chi connectivity index (χ1v) is 9.23. The van der Waals surface area contributed by atoms with E-state index in [0.717, 1.165) is 49.6 Å². The molecule has 1 aliphatic heterocycles. The normalized spacial score (nSPS) is 14.6. The maximum Gasteiger partial charge on any atom is 0.234 e. The Labute approximate surface area is 142 Å². The van der Waals surface area contributed by atoms with Crippen molar-refractivity contribution >= 4 is 29.3 Å². The first-order valence-electron chi connectivity index (χ1n) is 8.08. The molecular weight excluding hydrogens is 310 g/mol. The quantitative estimate of drug-likeness (QED) is 0.747. The van der Waals surface area contributed by atoms with Crippen molar-refractivity contribution in [3.05, 3.63) is 29.8 Å². The highest BCUT2D eigenvalue weighted by Gasteiger charge is 2.15. The molecule has 5 nitrogen and oxygen atoms in total. The summed E-state index contributed by atoms with van der Waals surface area (Å²) in [5, 5.41) is 6.13. The Morgan fingerprint density at radius 1 is 1.30 bits per heavy atom. The molecule has 2 N–H and O–H groups in total. The van der Waals surface area contributed by atoms with E-state index in [2.05, 4.69) is 10.6 Å². The lowest BCUT2D eigenvalue weighted by molar-refractivity contribution is -0.131. The third kappa shape index (κ3) is 6.62. The molecule has 0 radical (unpaired) electrons. The van der Waals surface area contributed by atoms with E-state index in [9.17, 15) is 9.59 Å². The highest BCUT2D eigenvalue weighted by molar-refractivity contribution is 7.99. The zero-order valence-electron chi connectivity index (χ0n) is 13.6. The number of nitrogens with one attached hydrogen (secondary N) is 2. The van der Waals surface area contributed by atoms with Crippen molar-refractivity contribution in [2.24, 2.45) is 0 Å². The second-order valence-corrected chi connectivity index (χ2v) is 6.81. The van der Waals surface area contributed by atoms with Crippen molar-refractivity contribution in [1.82, 2.24) is 10.2 Å². The van der Waals surface area contributed by atoms with Gasteiger partial charge in [-0.1, -0.05) is 12.1 Å². The topological polar surface area (TPSA) is 61.4 Å². The van der Waals surface area contributed by atoms with Crippen LogP contribution in [0.3, 0.4) is 0 Å². The number of rotatable bonds is 7. The Kier molecular flexibility index (Phi) is 7.42. The van der Waals surface area contributed by atoms with Gasteiger partial charge in [-0.3, -0.25) is 9.59 Å². The summed E-state index contributed by atoms with van der Waals surface area (Å²) in [7, 11) is 0. The van der Waals surface area contributed by atoms with Gasteiger partial charge in [0.25, 0.3) is 0 Å². The van der Waals surface area contributed by atoms with Crippen molar-refractivity contribution in [1.29, 1.82) is 0 Å². The molecule has 0 spiro atoms. The Morgan fingerprint density at radius 2 is 2.09 bits per heavy atom. The molecule has 1 fully saturated rings. The maximum absolute atomic E-state index is 12.0. The van der Waals surface area contributed by atoms with Crippen LogP contribution in [-0.4, -0.2) is 54.4 Å². The van der Waals surface area contributed by atoms with Gasteiger partial charge in [0.15, 0.2) is 0 Å². The second-order valence-electron chi connectivity index (χ2n) is 5.70. The Balaban J connectivity index is 1.56. The molecule has 1 aromatic rings. The van der Waals surface area contributed by atoms with E-state index in [1.165, 1.54) is 0 Å². The van der Waals surface area contributed by atoms with Crippen LogP contribution in [0.1, 0.15) is 18.4 Å². The van der Waals surface area contributed by atoms with Gasteiger partial charge in [0, 0.05) is 38.3 Å². The number of thioether (sulfide) groups is 1. The van der Waals surface area contributed by atoms with Gasteiger partial charge < -0.3 is 15.5 Å². The third-order valence-corrected chi connectivity index (χ3v) is 4.73. The van der Waals surface area contributed by atoms with Crippen LogP contribution in [0.2, 0.25) is 0 Å². The molecule has 23 heavy (non-hydrogen) atoms. The number of hydrogen-bond donors (Lipinski definition) is 2. The summed E-state index contributed by atoms with van der Waals surface area (Å²) in [6, 6.07) is 7.77. The Bertz CT molecular complexity index is 530. The van der Waals surface area contributed by atoms with E-state index in [-0.39, 0.29) is 11.8 Å². The molecule has 1 heterocycles. The van der Waals surface area contributed by atoms with Gasteiger partial charge in [-0.15, -0.1) is 0 Å². The summed E-state index contributed by atoms with van der Waals surface area (Å²) >= 11 is 1.58. The highest BCUT2D eigenvalue weighted by atomic mass is 32.2. The maximum atomic E-state index is 12.0. The fourth-order valence-corrected chi connectivity index (χ4v) is 3.23. The Hall–Kier alpha value is -1.53. The zero-order valence-corrected chi connectivity index (χ0v) is 14.5. The molecular formula is C17H25N3O2S. The lowest BCUT2D eigenvalue weighted by Gasteiger charge is -2.27. The van der Waals surface area contributed by atoms with Crippen LogP contribution >= 0.6 is 11.8 Å². The van der Waals surface area contributed by atoms with Gasteiger partial charge in [0.1, 0.15) is 0 Å². The number of carbonyl (C=O) groups excluding carboxylic acids is 2. The average molecular weight is 335 g/mol. The fraction of sp³-hybridized carbons (Fsp3) is 0.529. The van der Waals surface area contributed by atoms with Crippen LogP contribution in [0.25, 0.3) is 0 Å². The SMILES string of the molecule is Cc1cccc(NC(=O)CSCCCC(=O)N2CCNCC2)c1. The molecule has 0 unspecified atom stereocenters. The van der Waals surface area contributed by atoms with Crippen molar-refractivity contribution in [3.63, 3.8) is 0 Å². The molecule has 0 atom stereocenters. The third-order valence-electron chi connectivity index (χ3n) is 3.68. The standard InChI is InChI=1S/C17H25N3O2S/c1-14-4-2-5-15(12-14)19-16(21)13-23-11-3-6-17(22)20-9-7-18-8-10-20/h2,4-5,12,18H,3,6-11,13H2,1H3,(H,19,21). The van der Waals surface area contributed by atoms with Crippen LogP contribution < -0.4 is 10.6 Å². The number of piperazine rings is 1.